The van der Waals surface area contributed by atoms with Gasteiger partial charge in [-0.25, -0.2) is 8.78 Å². The second-order valence-corrected chi connectivity index (χ2v) is 9.19. The average molecular weight is 521 g/mol. The quantitative estimate of drug-likeness (QED) is 0.233. The number of benzene rings is 3. The number of hydrogen-bond acceptors (Lipinski definition) is 5. The first-order valence-electron chi connectivity index (χ1n) is 12.4. The molecule has 0 bridgehead atoms. The molecule has 1 amide bonds. The van der Waals surface area contributed by atoms with Crippen LogP contribution in [0.4, 0.5) is 20.2 Å². The van der Waals surface area contributed by atoms with Gasteiger partial charge in [-0.05, 0) is 74.7 Å². The molecule has 1 saturated heterocycles. The first-order valence-corrected chi connectivity index (χ1v) is 12.4. The van der Waals surface area contributed by atoms with E-state index in [2.05, 4.69) is 4.90 Å². The Hall–Kier alpha value is -4.20. The Balaban J connectivity index is 1.99. The van der Waals surface area contributed by atoms with E-state index in [-0.39, 0.29) is 16.8 Å². The molecule has 38 heavy (non-hydrogen) atoms. The van der Waals surface area contributed by atoms with Gasteiger partial charge in [0.15, 0.2) is 0 Å². The summed E-state index contributed by atoms with van der Waals surface area (Å²) in [5, 5.41) is 11.5. The standard InChI is InChI=1S/C30H30F2N2O4/c1-6-33(7-2)21-11-8-19(9-12-21)26-25(27(35)22-15-17(3)14-18(4)29(22)38-5)28(36)30(37)34(26)24-13-10-20(31)16-23(24)32/h8-16,26,35H,6-7H2,1-5H3/b27-25+. The van der Waals surface area contributed by atoms with Gasteiger partial charge in [0.25, 0.3) is 11.7 Å². The normalized spacial score (nSPS) is 16.7. The third kappa shape index (κ3) is 4.62. The minimum absolute atomic E-state index is 0.211. The number of Topliss-reactive ketones (excluding diaryl/α,β-unsaturated/α-hetero) is 1. The Bertz CT molecular complexity index is 1430. The van der Waals surface area contributed by atoms with Crippen molar-refractivity contribution in [3.8, 4) is 5.75 Å². The summed E-state index contributed by atoms with van der Waals surface area (Å²) in [5.74, 6) is -3.91. The van der Waals surface area contributed by atoms with Crippen LogP contribution in [0.25, 0.3) is 5.76 Å². The largest absolute Gasteiger partial charge is 0.507 e. The molecule has 3 aromatic carbocycles. The molecule has 0 saturated carbocycles. The lowest BCUT2D eigenvalue weighted by molar-refractivity contribution is -0.132. The van der Waals surface area contributed by atoms with Crippen molar-refractivity contribution in [2.24, 2.45) is 0 Å². The maximum atomic E-state index is 15.0. The van der Waals surface area contributed by atoms with Gasteiger partial charge in [-0.2, -0.15) is 0 Å². The molecule has 1 heterocycles. The van der Waals surface area contributed by atoms with Crippen LogP contribution in [0.15, 0.2) is 60.2 Å². The van der Waals surface area contributed by atoms with Crippen molar-refractivity contribution in [3.63, 3.8) is 0 Å². The minimum atomic E-state index is -1.16. The van der Waals surface area contributed by atoms with Crippen molar-refractivity contribution in [1.82, 2.24) is 0 Å². The molecule has 0 aliphatic carbocycles. The number of hydrogen-bond donors (Lipinski definition) is 1. The predicted octanol–water partition coefficient (Wildman–Crippen LogP) is 6.06. The summed E-state index contributed by atoms with van der Waals surface area (Å²) in [6.07, 6.45) is 0. The highest BCUT2D eigenvalue weighted by atomic mass is 19.1. The van der Waals surface area contributed by atoms with Crippen molar-refractivity contribution in [3.05, 3.63) is 94.1 Å². The first kappa shape index (κ1) is 26.9. The van der Waals surface area contributed by atoms with Crippen LogP contribution in [0.1, 0.15) is 42.1 Å². The number of amides is 1. The number of aliphatic hydroxyl groups is 1. The van der Waals surface area contributed by atoms with Crippen molar-refractivity contribution < 1.29 is 28.2 Å². The molecule has 1 aliphatic rings. The molecular formula is C30H30F2N2O4. The van der Waals surface area contributed by atoms with Gasteiger partial charge in [0.1, 0.15) is 23.1 Å². The fourth-order valence-electron chi connectivity index (χ4n) is 5.08. The van der Waals surface area contributed by atoms with Gasteiger partial charge >= 0.3 is 0 Å². The van der Waals surface area contributed by atoms with Gasteiger partial charge in [0.05, 0.1) is 30.0 Å². The predicted molar refractivity (Wildman–Crippen MR) is 144 cm³/mol. The Kier molecular flexibility index (Phi) is 7.53. The third-order valence-corrected chi connectivity index (χ3v) is 6.83. The first-order chi connectivity index (χ1) is 18.1. The van der Waals surface area contributed by atoms with Crippen LogP contribution in [0, 0.1) is 25.5 Å². The fraction of sp³-hybridized carbons (Fsp3) is 0.267. The molecule has 6 nitrogen and oxygen atoms in total. The van der Waals surface area contributed by atoms with E-state index in [0.29, 0.717) is 17.4 Å². The SMILES string of the molecule is CCN(CC)c1ccc(C2/C(=C(\O)c3cc(C)cc(C)c3OC)C(=O)C(=O)N2c2ccc(F)cc2F)cc1. The number of aliphatic hydroxyl groups excluding tert-OH is 1. The number of halogens is 2. The molecule has 8 heteroatoms. The van der Waals surface area contributed by atoms with E-state index >= 15 is 0 Å². The number of carbonyl (C=O) groups excluding carboxylic acids is 2. The Morgan fingerprint density at radius 2 is 1.66 bits per heavy atom. The van der Waals surface area contributed by atoms with Gasteiger partial charge in [-0.1, -0.05) is 18.2 Å². The van der Waals surface area contributed by atoms with Crippen LogP contribution >= 0.6 is 0 Å². The monoisotopic (exact) mass is 520 g/mol. The summed E-state index contributed by atoms with van der Waals surface area (Å²) in [7, 11) is 1.45. The Labute approximate surface area is 220 Å². The molecular weight excluding hydrogens is 490 g/mol. The van der Waals surface area contributed by atoms with Gasteiger partial charge < -0.3 is 14.7 Å². The number of rotatable bonds is 7. The molecule has 0 spiro atoms. The van der Waals surface area contributed by atoms with Crippen molar-refractivity contribution in [2.45, 2.75) is 33.7 Å². The second-order valence-electron chi connectivity index (χ2n) is 9.19. The lowest BCUT2D eigenvalue weighted by Crippen LogP contribution is -2.30. The smallest absolute Gasteiger partial charge is 0.300 e. The van der Waals surface area contributed by atoms with Gasteiger partial charge in [0, 0.05) is 24.8 Å². The summed E-state index contributed by atoms with van der Waals surface area (Å²) in [5.41, 5.74) is 2.72. The summed E-state index contributed by atoms with van der Waals surface area (Å²) >= 11 is 0. The second kappa shape index (κ2) is 10.7. The number of nitrogens with zero attached hydrogens (tertiary/aromatic N) is 2. The molecule has 198 valence electrons. The van der Waals surface area contributed by atoms with Crippen molar-refractivity contribution >= 4 is 28.8 Å². The number of ketones is 1. The summed E-state index contributed by atoms with van der Waals surface area (Å²) < 4.78 is 34.2. The van der Waals surface area contributed by atoms with Gasteiger partial charge in [-0.15, -0.1) is 0 Å². The molecule has 1 fully saturated rings. The molecule has 3 aromatic rings. The maximum Gasteiger partial charge on any atom is 0.300 e. The fourth-order valence-corrected chi connectivity index (χ4v) is 5.08. The zero-order valence-electron chi connectivity index (χ0n) is 22.0. The third-order valence-electron chi connectivity index (χ3n) is 6.83. The molecule has 0 aromatic heterocycles. The highest BCUT2D eigenvalue weighted by molar-refractivity contribution is 6.51. The van der Waals surface area contributed by atoms with Crippen LogP contribution in [0.5, 0.6) is 5.75 Å². The molecule has 0 radical (unpaired) electrons. The number of carbonyl (C=O) groups is 2. The number of anilines is 2. The van der Waals surface area contributed by atoms with Crippen molar-refractivity contribution in [2.75, 3.05) is 30.0 Å². The molecule has 1 unspecified atom stereocenters. The average Bonchev–Trinajstić information content (AvgIpc) is 3.14. The van der Waals surface area contributed by atoms with Crippen LogP contribution in [-0.4, -0.2) is 37.0 Å². The lowest BCUT2D eigenvalue weighted by Gasteiger charge is -2.27. The van der Waals surface area contributed by atoms with Crippen molar-refractivity contribution in [1.29, 1.82) is 0 Å². The van der Waals surface area contributed by atoms with Crippen LogP contribution in [0.2, 0.25) is 0 Å². The minimum Gasteiger partial charge on any atom is -0.507 e. The zero-order valence-corrected chi connectivity index (χ0v) is 22.0. The van der Waals surface area contributed by atoms with E-state index in [1.54, 1.807) is 25.1 Å². The summed E-state index contributed by atoms with van der Waals surface area (Å²) in [6, 6.07) is 12.3. The van der Waals surface area contributed by atoms with E-state index < -0.39 is 35.1 Å². The number of ether oxygens (including phenoxy) is 1. The Morgan fingerprint density at radius 3 is 2.24 bits per heavy atom. The molecule has 1 N–H and O–H groups in total. The van der Waals surface area contributed by atoms with Crippen LogP contribution in [-0.2, 0) is 9.59 Å². The zero-order chi connectivity index (χ0) is 27.7. The summed E-state index contributed by atoms with van der Waals surface area (Å²) in [6.45, 7) is 9.25. The van der Waals surface area contributed by atoms with E-state index in [1.807, 2.05) is 39.0 Å². The molecule has 1 aliphatic heterocycles. The topological polar surface area (TPSA) is 70.1 Å². The van der Waals surface area contributed by atoms with E-state index in [4.69, 9.17) is 4.74 Å². The lowest BCUT2D eigenvalue weighted by atomic mass is 9.93. The van der Waals surface area contributed by atoms with Gasteiger partial charge in [-0.3, -0.25) is 14.5 Å². The molecule has 4 rings (SSSR count). The number of aryl methyl sites for hydroxylation is 2. The highest BCUT2D eigenvalue weighted by Crippen LogP contribution is 2.44. The molecule has 1 atom stereocenters. The number of methoxy groups -OCH3 is 1. The van der Waals surface area contributed by atoms with E-state index in [9.17, 15) is 23.5 Å². The maximum absolute atomic E-state index is 15.0. The van der Waals surface area contributed by atoms with Crippen LogP contribution in [0.3, 0.4) is 0 Å². The van der Waals surface area contributed by atoms with E-state index in [0.717, 1.165) is 46.9 Å². The van der Waals surface area contributed by atoms with Crippen LogP contribution < -0.4 is 14.5 Å². The van der Waals surface area contributed by atoms with Gasteiger partial charge in [0.2, 0.25) is 0 Å². The highest BCUT2D eigenvalue weighted by Gasteiger charge is 2.48. The van der Waals surface area contributed by atoms with E-state index in [1.165, 1.54) is 7.11 Å². The Morgan fingerprint density at radius 1 is 1.00 bits per heavy atom. The summed E-state index contributed by atoms with van der Waals surface area (Å²) in [4.78, 5) is 29.9.